The number of nitrogens with zero attached hydrogens (tertiary/aromatic N) is 2. The number of hydrogen-bond acceptors (Lipinski definition) is 6. The molecule has 0 bridgehead atoms. The molecule has 0 radical (unpaired) electrons. The van der Waals surface area contributed by atoms with Crippen LogP contribution in [0.25, 0.3) is 11.1 Å². The number of benzene rings is 1. The number of nitrogens with one attached hydrogen (secondary N) is 1. The molecule has 1 atom stereocenters. The number of carbonyl (C=O) groups excluding carboxylic acids is 1. The number of carbonyl (C=O) groups is 1. The normalized spacial score (nSPS) is 22.0. The van der Waals surface area contributed by atoms with E-state index in [1.165, 1.54) is 19.8 Å². The molecule has 2 heterocycles. The van der Waals surface area contributed by atoms with Gasteiger partial charge in [-0.15, -0.1) is 0 Å². The van der Waals surface area contributed by atoms with Crippen molar-refractivity contribution >= 4 is 28.6 Å². The molecule has 3 aromatic rings. The van der Waals surface area contributed by atoms with E-state index in [0.29, 0.717) is 39.6 Å². The maximum Gasteiger partial charge on any atom is 0.217 e. The van der Waals surface area contributed by atoms with Crippen molar-refractivity contribution in [2.24, 2.45) is 5.92 Å². The number of fused-ring (bicyclic) bond motifs is 1. The summed E-state index contributed by atoms with van der Waals surface area (Å²) < 4.78 is 17.3. The average Bonchev–Trinajstić information content (AvgIpc) is 3.18. The van der Waals surface area contributed by atoms with Gasteiger partial charge in [-0.1, -0.05) is 16.8 Å². The number of aromatic nitrogens is 2. The zero-order chi connectivity index (χ0) is 20.8. The molecular formula is C22H24ClN3O4. The summed E-state index contributed by atoms with van der Waals surface area (Å²) in [6, 6.07) is 5.42. The topological polar surface area (TPSA) is 90.4 Å². The van der Waals surface area contributed by atoms with Crippen LogP contribution in [-0.4, -0.2) is 22.7 Å². The van der Waals surface area contributed by atoms with Crippen LogP contribution in [-0.2, 0) is 4.79 Å². The Labute approximate surface area is 179 Å². The van der Waals surface area contributed by atoms with Crippen molar-refractivity contribution in [2.45, 2.75) is 57.4 Å². The molecule has 0 spiro atoms. The van der Waals surface area contributed by atoms with Gasteiger partial charge >= 0.3 is 0 Å². The van der Waals surface area contributed by atoms with Gasteiger partial charge in [-0.2, -0.15) is 0 Å². The highest BCUT2D eigenvalue weighted by Crippen LogP contribution is 2.48. The summed E-state index contributed by atoms with van der Waals surface area (Å²) >= 11 is 6.41. The Bertz CT molecular complexity index is 1080. The van der Waals surface area contributed by atoms with Gasteiger partial charge in [0.1, 0.15) is 11.3 Å². The molecule has 1 amide bonds. The van der Waals surface area contributed by atoms with Gasteiger partial charge in [0.25, 0.3) is 0 Å². The first kappa shape index (κ1) is 19.4. The van der Waals surface area contributed by atoms with Crippen LogP contribution in [0.4, 0.5) is 0 Å². The first-order chi connectivity index (χ1) is 14.5. The molecule has 5 rings (SSSR count). The van der Waals surface area contributed by atoms with Gasteiger partial charge in [0, 0.05) is 37.0 Å². The Balaban J connectivity index is 1.25. The Kier molecular flexibility index (Phi) is 4.93. The second kappa shape index (κ2) is 7.61. The molecule has 2 aliphatic carbocycles. The van der Waals surface area contributed by atoms with E-state index in [9.17, 15) is 4.79 Å². The van der Waals surface area contributed by atoms with Gasteiger partial charge in [-0.3, -0.25) is 4.79 Å². The summed E-state index contributed by atoms with van der Waals surface area (Å²) in [6.07, 6.45) is 4.25. The van der Waals surface area contributed by atoms with Crippen LogP contribution in [0.2, 0.25) is 5.02 Å². The molecular weight excluding hydrogens is 406 g/mol. The van der Waals surface area contributed by atoms with Crippen molar-refractivity contribution in [3.63, 3.8) is 0 Å². The van der Waals surface area contributed by atoms with Crippen LogP contribution in [0, 0.1) is 5.92 Å². The van der Waals surface area contributed by atoms with Gasteiger partial charge in [0.15, 0.2) is 17.2 Å². The van der Waals surface area contributed by atoms with Crippen molar-refractivity contribution in [2.75, 3.05) is 6.61 Å². The lowest BCUT2D eigenvalue weighted by molar-refractivity contribution is -0.119. The molecule has 0 saturated heterocycles. The van der Waals surface area contributed by atoms with E-state index >= 15 is 0 Å². The quantitative estimate of drug-likeness (QED) is 0.560. The van der Waals surface area contributed by atoms with Crippen LogP contribution < -0.4 is 10.1 Å². The molecule has 0 unspecified atom stereocenters. The third kappa shape index (κ3) is 3.90. The van der Waals surface area contributed by atoms with Crippen LogP contribution in [0.3, 0.4) is 0 Å². The summed E-state index contributed by atoms with van der Waals surface area (Å²) in [6.45, 7) is 4.09. The van der Waals surface area contributed by atoms with Crippen LogP contribution in [0.15, 0.2) is 27.1 Å². The summed E-state index contributed by atoms with van der Waals surface area (Å²) in [5.74, 6) is 3.20. The van der Waals surface area contributed by atoms with E-state index in [2.05, 4.69) is 15.5 Å². The average molecular weight is 430 g/mol. The molecule has 2 saturated carbocycles. The molecule has 30 heavy (non-hydrogen) atoms. The summed E-state index contributed by atoms with van der Waals surface area (Å²) in [5.41, 5.74) is 2.25. The van der Waals surface area contributed by atoms with E-state index in [1.807, 2.05) is 25.1 Å². The predicted molar refractivity (Wildman–Crippen MR) is 111 cm³/mol. The molecule has 2 fully saturated rings. The Morgan fingerprint density at radius 3 is 2.83 bits per heavy atom. The number of amides is 1. The summed E-state index contributed by atoms with van der Waals surface area (Å²) in [5, 5.41) is 7.55. The number of oxazole rings is 1. The van der Waals surface area contributed by atoms with Gasteiger partial charge in [0.05, 0.1) is 23.4 Å². The van der Waals surface area contributed by atoms with Crippen molar-refractivity contribution in [3.05, 3.63) is 40.6 Å². The first-order valence-corrected chi connectivity index (χ1v) is 10.8. The Morgan fingerprint density at radius 1 is 1.30 bits per heavy atom. The monoisotopic (exact) mass is 429 g/mol. The second-order valence-electron chi connectivity index (χ2n) is 8.50. The highest BCUT2D eigenvalue weighted by Gasteiger charge is 2.37. The number of ether oxygens (including phenoxy) is 1. The fourth-order valence-corrected chi connectivity index (χ4v) is 4.12. The third-order valence-corrected chi connectivity index (χ3v) is 6.21. The van der Waals surface area contributed by atoms with Crippen molar-refractivity contribution in [1.82, 2.24) is 15.5 Å². The fraction of sp³-hybridized carbons (Fsp3) is 0.500. The Hall–Kier alpha value is -2.54. The summed E-state index contributed by atoms with van der Waals surface area (Å²) in [7, 11) is 0. The highest BCUT2D eigenvalue weighted by molar-refractivity contribution is 6.35. The van der Waals surface area contributed by atoms with E-state index < -0.39 is 0 Å². The lowest BCUT2D eigenvalue weighted by atomic mass is 9.73. The minimum Gasteiger partial charge on any atom is -0.493 e. The minimum absolute atomic E-state index is 0.0973. The molecule has 8 heteroatoms. The smallest absolute Gasteiger partial charge is 0.217 e. The van der Waals surface area contributed by atoms with Crippen molar-refractivity contribution < 1.29 is 18.5 Å². The fourth-order valence-electron chi connectivity index (χ4n) is 3.88. The van der Waals surface area contributed by atoms with Crippen molar-refractivity contribution in [1.29, 1.82) is 0 Å². The number of halogens is 1. The van der Waals surface area contributed by atoms with E-state index in [4.69, 9.17) is 25.3 Å². The first-order valence-electron chi connectivity index (χ1n) is 10.4. The van der Waals surface area contributed by atoms with Crippen LogP contribution in [0.5, 0.6) is 5.75 Å². The van der Waals surface area contributed by atoms with Gasteiger partial charge in [-0.05, 0) is 38.5 Å². The molecule has 7 nitrogen and oxygen atoms in total. The van der Waals surface area contributed by atoms with E-state index in [-0.39, 0.29) is 17.9 Å². The predicted octanol–water partition coefficient (Wildman–Crippen LogP) is 5.12. The largest absolute Gasteiger partial charge is 0.493 e. The summed E-state index contributed by atoms with van der Waals surface area (Å²) in [4.78, 5) is 15.8. The molecule has 2 aromatic heterocycles. The zero-order valence-electron chi connectivity index (χ0n) is 17.0. The lowest BCUT2D eigenvalue weighted by Gasteiger charge is -2.31. The lowest BCUT2D eigenvalue weighted by Crippen LogP contribution is -2.23. The van der Waals surface area contributed by atoms with E-state index in [1.54, 1.807) is 0 Å². The second-order valence-corrected chi connectivity index (χ2v) is 8.91. The van der Waals surface area contributed by atoms with Gasteiger partial charge in [0.2, 0.25) is 5.91 Å². The maximum atomic E-state index is 11.2. The third-order valence-electron chi connectivity index (χ3n) is 5.92. The number of rotatable bonds is 7. The van der Waals surface area contributed by atoms with E-state index in [0.717, 1.165) is 30.9 Å². The zero-order valence-corrected chi connectivity index (χ0v) is 17.7. The Morgan fingerprint density at radius 2 is 2.10 bits per heavy atom. The number of hydrogen-bond donors (Lipinski definition) is 1. The van der Waals surface area contributed by atoms with Gasteiger partial charge < -0.3 is 19.0 Å². The molecule has 1 N–H and O–H groups in total. The minimum atomic E-state index is -0.199. The molecule has 158 valence electrons. The molecule has 0 aliphatic heterocycles. The van der Waals surface area contributed by atoms with Gasteiger partial charge in [-0.25, -0.2) is 4.98 Å². The van der Waals surface area contributed by atoms with Crippen LogP contribution >= 0.6 is 11.6 Å². The van der Waals surface area contributed by atoms with Crippen LogP contribution in [0.1, 0.15) is 74.8 Å². The highest BCUT2D eigenvalue weighted by atomic mass is 35.5. The SMILES string of the molecule is CC(=O)N[C@@H](C)c1cc(C2CC(c3nc4c(Cl)cc(OCC5CC5)cc4o3)C2)no1. The van der Waals surface area contributed by atoms with Crippen molar-refractivity contribution in [3.8, 4) is 5.75 Å². The standard InChI is InChI=1S/C22H24ClN3O4/c1-11(24-12(2)27)19-9-18(26-30-19)14-5-15(6-14)22-25-21-17(23)7-16(8-20(21)29-22)28-10-13-3-4-13/h7-9,11,13-15H,3-6,10H2,1-2H3,(H,24,27)/t11-,14?,15?/m0/s1. The molecule has 1 aromatic carbocycles. The molecule has 2 aliphatic rings. The maximum absolute atomic E-state index is 11.2.